The molecule has 0 unspecified atom stereocenters. The molecular formula is C12H9IO3. The summed E-state index contributed by atoms with van der Waals surface area (Å²) in [6, 6.07) is 11.1. The van der Waals surface area contributed by atoms with Crippen molar-refractivity contribution < 1.29 is 13.9 Å². The zero-order valence-corrected chi connectivity index (χ0v) is 10.5. The Morgan fingerprint density at radius 1 is 1.19 bits per heavy atom. The first-order chi connectivity index (χ1) is 7.78. The van der Waals surface area contributed by atoms with Crippen molar-refractivity contribution in [1.29, 1.82) is 0 Å². The molecule has 0 aliphatic heterocycles. The molecule has 16 heavy (non-hydrogen) atoms. The van der Waals surface area contributed by atoms with Crippen molar-refractivity contribution >= 4 is 28.9 Å². The normalized spacial score (nSPS) is 10.1. The van der Waals surface area contributed by atoms with E-state index in [0.717, 1.165) is 9.32 Å². The highest BCUT2D eigenvalue weighted by molar-refractivity contribution is 14.1. The fraction of sp³-hybridized carbons (Fsp3) is 0.0833. The number of carbonyl (C=O) groups is 1. The van der Waals surface area contributed by atoms with Gasteiger partial charge in [0.1, 0.15) is 18.1 Å². The van der Waals surface area contributed by atoms with E-state index in [2.05, 4.69) is 22.6 Å². The van der Waals surface area contributed by atoms with Gasteiger partial charge in [-0.1, -0.05) is 0 Å². The van der Waals surface area contributed by atoms with E-state index in [0.29, 0.717) is 24.4 Å². The highest BCUT2D eigenvalue weighted by Gasteiger charge is 2.01. The summed E-state index contributed by atoms with van der Waals surface area (Å²) in [5.74, 6) is 1.74. The Bertz CT molecular complexity index is 473. The molecule has 1 aromatic heterocycles. The minimum absolute atomic E-state index is 0.321. The molecule has 3 nitrogen and oxygen atoms in total. The summed E-state index contributed by atoms with van der Waals surface area (Å²) in [5, 5.41) is 0. The molecule has 1 aromatic carbocycles. The standard InChI is InChI=1S/C12H9IO3/c13-9-1-3-10(4-2-9)15-8-12-6-5-11(7-14)16-12/h1-7H,8H2. The van der Waals surface area contributed by atoms with Crippen molar-refractivity contribution in [2.75, 3.05) is 0 Å². The minimum atomic E-state index is 0.321. The molecule has 0 aliphatic rings. The molecule has 0 amide bonds. The highest BCUT2D eigenvalue weighted by Crippen LogP contribution is 2.15. The SMILES string of the molecule is O=Cc1ccc(COc2ccc(I)cc2)o1. The lowest BCUT2D eigenvalue weighted by molar-refractivity contribution is 0.109. The molecule has 0 aliphatic carbocycles. The van der Waals surface area contributed by atoms with E-state index in [-0.39, 0.29) is 0 Å². The molecule has 2 rings (SSSR count). The molecule has 0 fully saturated rings. The van der Waals surface area contributed by atoms with Gasteiger partial charge in [0, 0.05) is 3.57 Å². The van der Waals surface area contributed by atoms with Crippen molar-refractivity contribution in [2.24, 2.45) is 0 Å². The third-order valence-electron chi connectivity index (χ3n) is 1.99. The predicted molar refractivity (Wildman–Crippen MR) is 67.6 cm³/mol. The van der Waals surface area contributed by atoms with Crippen LogP contribution in [-0.4, -0.2) is 6.29 Å². The summed E-state index contributed by atoms with van der Waals surface area (Å²) in [6.45, 7) is 0.328. The van der Waals surface area contributed by atoms with Crippen LogP contribution >= 0.6 is 22.6 Å². The molecule has 0 bridgehead atoms. The van der Waals surface area contributed by atoms with Crippen molar-refractivity contribution in [2.45, 2.75) is 6.61 Å². The lowest BCUT2D eigenvalue weighted by Gasteiger charge is -2.03. The number of furan rings is 1. The van der Waals surface area contributed by atoms with Gasteiger partial charge in [-0.15, -0.1) is 0 Å². The lowest BCUT2D eigenvalue weighted by atomic mass is 10.3. The summed E-state index contributed by atoms with van der Waals surface area (Å²) in [6.07, 6.45) is 0.675. The maximum Gasteiger partial charge on any atom is 0.185 e. The first kappa shape index (κ1) is 11.2. The molecule has 4 heteroatoms. The molecule has 0 atom stereocenters. The maximum atomic E-state index is 10.4. The summed E-state index contributed by atoms with van der Waals surface area (Å²) >= 11 is 2.23. The molecule has 0 saturated carbocycles. The number of hydrogen-bond acceptors (Lipinski definition) is 3. The number of benzene rings is 1. The van der Waals surface area contributed by atoms with Crippen LogP contribution in [0.5, 0.6) is 5.75 Å². The Hall–Kier alpha value is -1.30. The number of hydrogen-bond donors (Lipinski definition) is 0. The third-order valence-corrected chi connectivity index (χ3v) is 2.71. The summed E-state index contributed by atoms with van der Waals surface area (Å²) < 4.78 is 11.8. The Labute approximate surface area is 107 Å². The summed E-state index contributed by atoms with van der Waals surface area (Å²) in [7, 11) is 0. The van der Waals surface area contributed by atoms with Gasteiger partial charge in [-0.2, -0.15) is 0 Å². The van der Waals surface area contributed by atoms with E-state index in [9.17, 15) is 4.79 Å². The van der Waals surface area contributed by atoms with E-state index in [1.807, 2.05) is 24.3 Å². The van der Waals surface area contributed by atoms with Gasteiger partial charge < -0.3 is 9.15 Å². The number of rotatable bonds is 4. The predicted octanol–water partition coefficient (Wildman–Crippen LogP) is 3.28. The van der Waals surface area contributed by atoms with Crippen molar-refractivity contribution in [3.8, 4) is 5.75 Å². The zero-order chi connectivity index (χ0) is 11.4. The number of ether oxygens (including phenoxy) is 1. The van der Waals surface area contributed by atoms with Gasteiger partial charge in [-0.25, -0.2) is 0 Å². The van der Waals surface area contributed by atoms with E-state index in [1.54, 1.807) is 12.1 Å². The number of aldehydes is 1. The van der Waals surface area contributed by atoms with Crippen LogP contribution in [0.15, 0.2) is 40.8 Å². The molecule has 1 heterocycles. The second-order valence-corrected chi connectivity index (χ2v) is 4.41. The fourth-order valence-electron chi connectivity index (χ4n) is 1.22. The quantitative estimate of drug-likeness (QED) is 0.639. The van der Waals surface area contributed by atoms with E-state index in [4.69, 9.17) is 9.15 Å². The van der Waals surface area contributed by atoms with Crippen LogP contribution in [0.4, 0.5) is 0 Å². The van der Waals surface area contributed by atoms with Gasteiger partial charge in [0.2, 0.25) is 0 Å². The summed E-state index contributed by atoms with van der Waals surface area (Å²) in [4.78, 5) is 10.4. The number of halogens is 1. The maximum absolute atomic E-state index is 10.4. The van der Waals surface area contributed by atoms with Crippen molar-refractivity contribution in [3.63, 3.8) is 0 Å². The molecule has 2 aromatic rings. The van der Waals surface area contributed by atoms with E-state index in [1.165, 1.54) is 0 Å². The van der Waals surface area contributed by atoms with Crippen LogP contribution in [0.25, 0.3) is 0 Å². The smallest absolute Gasteiger partial charge is 0.185 e. The summed E-state index contributed by atoms with van der Waals surface area (Å²) in [5.41, 5.74) is 0. The van der Waals surface area contributed by atoms with Crippen LogP contribution in [0, 0.1) is 3.57 Å². The highest BCUT2D eigenvalue weighted by atomic mass is 127. The third kappa shape index (κ3) is 2.85. The van der Waals surface area contributed by atoms with Gasteiger partial charge in [-0.05, 0) is 59.0 Å². The van der Waals surface area contributed by atoms with Crippen LogP contribution < -0.4 is 4.74 Å². The van der Waals surface area contributed by atoms with Crippen LogP contribution in [0.3, 0.4) is 0 Å². The monoisotopic (exact) mass is 328 g/mol. The minimum Gasteiger partial charge on any atom is -0.486 e. The lowest BCUT2D eigenvalue weighted by Crippen LogP contribution is -1.93. The van der Waals surface area contributed by atoms with Crippen LogP contribution in [0.1, 0.15) is 16.3 Å². The van der Waals surface area contributed by atoms with E-state index < -0.39 is 0 Å². The first-order valence-corrected chi connectivity index (χ1v) is 5.78. The van der Waals surface area contributed by atoms with Crippen LogP contribution in [-0.2, 0) is 6.61 Å². The Morgan fingerprint density at radius 3 is 2.56 bits per heavy atom. The van der Waals surface area contributed by atoms with Gasteiger partial charge in [0.15, 0.2) is 12.0 Å². The van der Waals surface area contributed by atoms with Crippen molar-refractivity contribution in [3.05, 3.63) is 51.5 Å². The van der Waals surface area contributed by atoms with Gasteiger partial charge in [0.05, 0.1) is 0 Å². The topological polar surface area (TPSA) is 39.4 Å². The Kier molecular flexibility index (Phi) is 3.61. The molecule has 0 spiro atoms. The molecule has 0 radical (unpaired) electrons. The fourth-order valence-corrected chi connectivity index (χ4v) is 1.58. The molecule has 0 saturated heterocycles. The van der Waals surface area contributed by atoms with Gasteiger partial charge >= 0.3 is 0 Å². The van der Waals surface area contributed by atoms with Gasteiger partial charge in [0.25, 0.3) is 0 Å². The van der Waals surface area contributed by atoms with E-state index >= 15 is 0 Å². The largest absolute Gasteiger partial charge is 0.486 e. The average Bonchev–Trinajstić information content (AvgIpc) is 2.76. The first-order valence-electron chi connectivity index (χ1n) is 4.70. The Morgan fingerprint density at radius 2 is 1.94 bits per heavy atom. The molecular weight excluding hydrogens is 319 g/mol. The van der Waals surface area contributed by atoms with Crippen LogP contribution in [0.2, 0.25) is 0 Å². The molecule has 0 N–H and O–H groups in total. The second kappa shape index (κ2) is 5.16. The zero-order valence-electron chi connectivity index (χ0n) is 8.35. The average molecular weight is 328 g/mol. The number of carbonyl (C=O) groups excluding carboxylic acids is 1. The molecule has 82 valence electrons. The van der Waals surface area contributed by atoms with Gasteiger partial charge in [-0.3, -0.25) is 4.79 Å². The second-order valence-electron chi connectivity index (χ2n) is 3.16. The van der Waals surface area contributed by atoms with Crippen molar-refractivity contribution in [1.82, 2.24) is 0 Å². The Balaban J connectivity index is 1.96.